The lowest BCUT2D eigenvalue weighted by molar-refractivity contribution is -0.133. The first kappa shape index (κ1) is 42.1. The van der Waals surface area contributed by atoms with Crippen LogP contribution in [0.2, 0.25) is 5.02 Å². The van der Waals surface area contributed by atoms with Crippen molar-refractivity contribution in [1.82, 2.24) is 25.5 Å². The molecule has 3 fully saturated rings. The average Bonchev–Trinajstić information content (AvgIpc) is 3.28. The van der Waals surface area contributed by atoms with Gasteiger partial charge in [0.25, 0.3) is 11.8 Å². The maximum atomic E-state index is 14.7. The van der Waals surface area contributed by atoms with E-state index in [1.165, 1.54) is 0 Å². The SMILES string of the molecule is O=C1CCC(Nc2ccc(N3CCN(CC4CCC(NC(=O)c5ccc(Nc6ncc(F)c(Nc7ccc(C(=O)Nc8ccccc8Cl)cc7)n6)cc5)CC4)CC3)cc2)C(=O)N1. The number of para-hydroxylation sites is 1. The van der Waals surface area contributed by atoms with E-state index in [0.29, 0.717) is 52.0 Å². The van der Waals surface area contributed by atoms with Gasteiger partial charge in [-0.1, -0.05) is 23.7 Å². The van der Waals surface area contributed by atoms with Gasteiger partial charge in [-0.15, -0.1) is 0 Å². The van der Waals surface area contributed by atoms with E-state index in [-0.39, 0.29) is 41.4 Å². The van der Waals surface area contributed by atoms with Gasteiger partial charge in [0.05, 0.1) is 16.9 Å². The fraction of sp³-hybridized carbons (Fsp3) is 0.304. The molecular weight excluding hydrogens is 811 g/mol. The predicted octanol–water partition coefficient (Wildman–Crippen LogP) is 7.34. The molecule has 2 aliphatic heterocycles. The highest BCUT2D eigenvalue weighted by molar-refractivity contribution is 6.33. The van der Waals surface area contributed by atoms with E-state index >= 15 is 0 Å². The van der Waals surface area contributed by atoms with Crippen molar-refractivity contribution in [3.63, 3.8) is 0 Å². The molecule has 4 amide bonds. The zero-order valence-electron chi connectivity index (χ0n) is 34.0. The number of imide groups is 1. The number of aromatic nitrogens is 2. The van der Waals surface area contributed by atoms with Crippen molar-refractivity contribution >= 4 is 75.4 Å². The molecule has 16 heteroatoms. The summed E-state index contributed by atoms with van der Waals surface area (Å²) in [4.78, 5) is 62.7. The Morgan fingerprint density at radius 1 is 0.758 bits per heavy atom. The van der Waals surface area contributed by atoms with Gasteiger partial charge in [0.1, 0.15) is 6.04 Å². The second kappa shape index (κ2) is 19.4. The number of anilines is 7. The molecule has 4 aromatic carbocycles. The summed E-state index contributed by atoms with van der Waals surface area (Å²) in [5.41, 5.74) is 4.61. The molecule has 0 spiro atoms. The van der Waals surface area contributed by atoms with Gasteiger partial charge >= 0.3 is 0 Å². The summed E-state index contributed by atoms with van der Waals surface area (Å²) in [6.45, 7) is 4.94. The molecule has 1 aliphatic carbocycles. The largest absolute Gasteiger partial charge is 0.374 e. The van der Waals surface area contributed by atoms with E-state index in [1.54, 1.807) is 72.8 Å². The number of rotatable bonds is 13. The second-order valence-electron chi connectivity index (χ2n) is 15.9. The van der Waals surface area contributed by atoms with Crippen molar-refractivity contribution in [3.05, 3.63) is 125 Å². The van der Waals surface area contributed by atoms with Crippen molar-refractivity contribution in [2.24, 2.45) is 5.92 Å². The number of hydrogen-bond donors (Lipinski definition) is 6. The third kappa shape index (κ3) is 10.8. The van der Waals surface area contributed by atoms with Gasteiger partial charge in [0.15, 0.2) is 11.6 Å². The van der Waals surface area contributed by atoms with Gasteiger partial charge in [-0.2, -0.15) is 4.98 Å². The molecular formula is C46H48ClFN10O4. The molecule has 3 aliphatic rings. The summed E-state index contributed by atoms with van der Waals surface area (Å²) < 4.78 is 14.7. The Balaban J connectivity index is 0.746. The van der Waals surface area contributed by atoms with Gasteiger partial charge in [-0.25, -0.2) is 9.37 Å². The molecule has 1 atom stereocenters. The Labute approximate surface area is 364 Å². The summed E-state index contributed by atoms with van der Waals surface area (Å²) >= 11 is 6.15. The molecule has 62 heavy (non-hydrogen) atoms. The maximum absolute atomic E-state index is 14.7. The molecule has 3 heterocycles. The van der Waals surface area contributed by atoms with Crippen molar-refractivity contribution in [3.8, 4) is 0 Å². The van der Waals surface area contributed by atoms with Gasteiger partial charge in [-0.05, 0) is 123 Å². The van der Waals surface area contributed by atoms with Crippen LogP contribution in [0, 0.1) is 11.7 Å². The van der Waals surface area contributed by atoms with Crippen LogP contribution >= 0.6 is 11.6 Å². The van der Waals surface area contributed by atoms with Gasteiger partial charge in [0, 0.05) is 79.1 Å². The highest BCUT2D eigenvalue weighted by Crippen LogP contribution is 2.28. The van der Waals surface area contributed by atoms with Gasteiger partial charge < -0.3 is 31.5 Å². The lowest BCUT2D eigenvalue weighted by atomic mass is 9.85. The maximum Gasteiger partial charge on any atom is 0.255 e. The normalized spacial score (nSPS) is 19.3. The van der Waals surface area contributed by atoms with Crippen molar-refractivity contribution in [1.29, 1.82) is 0 Å². The lowest BCUT2D eigenvalue weighted by Gasteiger charge is -2.39. The van der Waals surface area contributed by atoms with E-state index in [0.717, 1.165) is 76.0 Å². The summed E-state index contributed by atoms with van der Waals surface area (Å²) in [6.07, 6.45) is 5.92. The van der Waals surface area contributed by atoms with Crippen LogP contribution in [0.1, 0.15) is 59.2 Å². The van der Waals surface area contributed by atoms with E-state index in [9.17, 15) is 23.6 Å². The van der Waals surface area contributed by atoms with Crippen LogP contribution in [-0.4, -0.2) is 83.3 Å². The Morgan fingerprint density at radius 3 is 2.08 bits per heavy atom. The minimum absolute atomic E-state index is 0.0497. The number of piperazine rings is 1. The van der Waals surface area contributed by atoms with E-state index in [2.05, 4.69) is 63.8 Å². The molecule has 1 saturated carbocycles. The molecule has 5 aromatic rings. The van der Waals surface area contributed by atoms with Crippen LogP contribution in [0.15, 0.2) is 103 Å². The minimum Gasteiger partial charge on any atom is -0.374 e. The summed E-state index contributed by atoms with van der Waals surface area (Å²) in [5, 5.41) is 18.1. The molecule has 0 radical (unpaired) electrons. The highest BCUT2D eigenvalue weighted by atomic mass is 35.5. The van der Waals surface area contributed by atoms with Crippen LogP contribution in [0.4, 0.5) is 44.6 Å². The van der Waals surface area contributed by atoms with Crippen molar-refractivity contribution in [2.45, 2.75) is 50.6 Å². The molecule has 8 rings (SSSR count). The first-order valence-electron chi connectivity index (χ1n) is 20.9. The van der Waals surface area contributed by atoms with Crippen molar-refractivity contribution in [2.75, 3.05) is 58.9 Å². The van der Waals surface area contributed by atoms with Crippen LogP contribution in [0.3, 0.4) is 0 Å². The highest BCUT2D eigenvalue weighted by Gasteiger charge is 2.28. The smallest absolute Gasteiger partial charge is 0.255 e. The van der Waals surface area contributed by atoms with E-state index in [4.69, 9.17) is 11.6 Å². The monoisotopic (exact) mass is 858 g/mol. The van der Waals surface area contributed by atoms with Gasteiger partial charge in [0.2, 0.25) is 17.8 Å². The van der Waals surface area contributed by atoms with Crippen molar-refractivity contribution < 1.29 is 23.6 Å². The third-order valence-electron chi connectivity index (χ3n) is 11.6. The third-order valence-corrected chi connectivity index (χ3v) is 11.9. The molecule has 1 aromatic heterocycles. The molecule has 0 bridgehead atoms. The number of benzene rings is 4. The zero-order valence-corrected chi connectivity index (χ0v) is 34.8. The summed E-state index contributed by atoms with van der Waals surface area (Å²) in [5.74, 6) is -0.887. The predicted molar refractivity (Wildman–Crippen MR) is 239 cm³/mol. The number of hydrogen-bond acceptors (Lipinski definition) is 11. The Hall–Kier alpha value is -6.58. The van der Waals surface area contributed by atoms with Gasteiger partial charge in [-0.3, -0.25) is 29.4 Å². The molecule has 6 N–H and O–H groups in total. The van der Waals surface area contributed by atoms with E-state index < -0.39 is 11.9 Å². The average molecular weight is 859 g/mol. The Kier molecular flexibility index (Phi) is 13.2. The number of carbonyl (C=O) groups excluding carboxylic acids is 4. The fourth-order valence-corrected chi connectivity index (χ4v) is 8.24. The number of amides is 4. The van der Waals surface area contributed by atoms with Crippen LogP contribution in [-0.2, 0) is 9.59 Å². The minimum atomic E-state index is -0.654. The number of halogens is 2. The molecule has 320 valence electrons. The molecule has 14 nitrogen and oxygen atoms in total. The Bertz CT molecular complexity index is 2390. The lowest BCUT2D eigenvalue weighted by Crippen LogP contribution is -2.48. The Morgan fingerprint density at radius 2 is 1.40 bits per heavy atom. The van der Waals surface area contributed by atoms with Crippen LogP contribution < -0.4 is 36.8 Å². The topological polar surface area (TPSA) is 173 Å². The first-order chi connectivity index (χ1) is 30.1. The zero-order chi connectivity index (χ0) is 43.0. The first-order valence-corrected chi connectivity index (χ1v) is 21.3. The number of nitrogens with zero attached hydrogens (tertiary/aromatic N) is 4. The van der Waals surface area contributed by atoms with Crippen LogP contribution in [0.25, 0.3) is 0 Å². The quantitative estimate of drug-likeness (QED) is 0.0655. The second-order valence-corrected chi connectivity index (χ2v) is 16.3. The number of nitrogens with one attached hydrogen (secondary N) is 6. The van der Waals surface area contributed by atoms with Crippen LogP contribution in [0.5, 0.6) is 0 Å². The number of piperidine rings is 1. The van der Waals surface area contributed by atoms with E-state index in [1.807, 2.05) is 12.1 Å². The molecule has 1 unspecified atom stereocenters. The molecule has 2 saturated heterocycles. The summed E-state index contributed by atoms with van der Waals surface area (Å²) in [7, 11) is 0. The number of carbonyl (C=O) groups is 4. The fourth-order valence-electron chi connectivity index (χ4n) is 8.06. The summed E-state index contributed by atoms with van der Waals surface area (Å²) in [6, 6.07) is 28.3. The standard InChI is InChI=1S/C46H48ClFN10O4/c47-37-3-1-2-4-39(37)54-44(61)31-7-13-33(14-8-31)51-42-38(48)27-49-46(56-42)53-35-15-9-30(10-16-35)43(60)52-34-11-5-29(6-12-34)28-57-23-25-58(26-24-57)36-19-17-32(18-20-36)50-40-21-22-41(59)55-45(40)62/h1-4,7-10,13-20,27,29,34,40,50H,5-6,11-12,21-26,28H2,(H,52,60)(H,54,61)(H,55,59,62)(H2,49,51,53,56).